The molecular formula is C28H29N5O4S. The van der Waals surface area contributed by atoms with E-state index in [0.717, 1.165) is 24.8 Å². The summed E-state index contributed by atoms with van der Waals surface area (Å²) in [4.78, 5) is 32.9. The van der Waals surface area contributed by atoms with Crippen molar-refractivity contribution in [2.45, 2.75) is 53.0 Å². The molecule has 1 atom stereocenters. The van der Waals surface area contributed by atoms with Crippen LogP contribution in [0.3, 0.4) is 0 Å². The summed E-state index contributed by atoms with van der Waals surface area (Å²) < 4.78 is 7.81. The molecule has 1 amide bonds. The number of carbonyl (C=O) groups excluding carboxylic acids is 2. The van der Waals surface area contributed by atoms with E-state index < -0.39 is 17.7 Å². The Bertz CT molecular complexity index is 1570. The van der Waals surface area contributed by atoms with Gasteiger partial charge in [0, 0.05) is 6.20 Å². The number of hydrogen-bond acceptors (Lipinski definition) is 8. The first kappa shape index (κ1) is 25.6. The van der Waals surface area contributed by atoms with Gasteiger partial charge < -0.3 is 14.2 Å². The van der Waals surface area contributed by atoms with Crippen molar-refractivity contribution >= 4 is 39.6 Å². The lowest BCUT2D eigenvalue weighted by Gasteiger charge is -2.23. The molecule has 1 aliphatic rings. The van der Waals surface area contributed by atoms with Crippen molar-refractivity contribution in [2.24, 2.45) is 0 Å². The number of amides is 1. The standard InChI is InChI=1S/C28H29N5O4S/c1-5-6-7-14-37-20-12-8-11-19(15-20)23-21(25(35)27(36)33(23)28-31-30-18(4)38-28)24(34)22-17(3)32-13-9-10-16(2)26(32)29-22/h8-13,15,23,34H,5-7,14H2,1-4H3. The van der Waals surface area contributed by atoms with E-state index in [2.05, 4.69) is 22.1 Å². The van der Waals surface area contributed by atoms with Crippen LogP contribution in [0, 0.1) is 20.8 Å². The molecule has 1 fully saturated rings. The van der Waals surface area contributed by atoms with E-state index in [-0.39, 0.29) is 22.2 Å². The van der Waals surface area contributed by atoms with Gasteiger partial charge in [-0.15, -0.1) is 10.2 Å². The first-order chi connectivity index (χ1) is 18.3. The zero-order valence-corrected chi connectivity index (χ0v) is 22.6. The van der Waals surface area contributed by atoms with Gasteiger partial charge >= 0.3 is 5.91 Å². The lowest BCUT2D eigenvalue weighted by molar-refractivity contribution is -0.132. The van der Waals surface area contributed by atoms with Crippen LogP contribution in [0.2, 0.25) is 0 Å². The number of anilines is 1. The lowest BCUT2D eigenvalue weighted by atomic mass is 9.96. The SMILES string of the molecule is CCCCCOc1cccc(C2C(=C(O)c3nc4c(C)cccn4c3C)C(=O)C(=O)N2c2nnc(C)s2)c1. The van der Waals surface area contributed by atoms with Gasteiger partial charge in [0.25, 0.3) is 5.78 Å². The number of benzene rings is 1. The van der Waals surface area contributed by atoms with Crippen LogP contribution in [-0.2, 0) is 9.59 Å². The minimum Gasteiger partial charge on any atom is -0.505 e. The van der Waals surface area contributed by atoms with E-state index in [1.165, 1.54) is 16.2 Å². The van der Waals surface area contributed by atoms with Crippen molar-refractivity contribution in [3.05, 3.63) is 75.7 Å². The minimum atomic E-state index is -0.924. The normalized spacial score (nSPS) is 17.1. The molecule has 5 rings (SSSR count). The summed E-state index contributed by atoms with van der Waals surface area (Å²) in [7, 11) is 0. The summed E-state index contributed by atoms with van der Waals surface area (Å²) >= 11 is 1.21. The molecular weight excluding hydrogens is 502 g/mol. The quantitative estimate of drug-likeness (QED) is 0.142. The molecule has 0 aliphatic carbocycles. The molecule has 1 saturated heterocycles. The fraction of sp³-hybridized carbons (Fsp3) is 0.321. The fourth-order valence-electron chi connectivity index (χ4n) is 4.72. The number of aromatic nitrogens is 4. The van der Waals surface area contributed by atoms with Crippen LogP contribution >= 0.6 is 11.3 Å². The van der Waals surface area contributed by atoms with E-state index in [4.69, 9.17) is 4.74 Å². The van der Waals surface area contributed by atoms with E-state index in [1.54, 1.807) is 13.0 Å². The second kappa shape index (κ2) is 10.4. The number of unbranched alkanes of at least 4 members (excludes halogenated alkanes) is 2. The Balaban J connectivity index is 1.66. The molecule has 0 bridgehead atoms. The number of aliphatic hydroxyl groups is 1. The average molecular weight is 532 g/mol. The first-order valence-corrected chi connectivity index (χ1v) is 13.4. The predicted octanol–water partition coefficient (Wildman–Crippen LogP) is 5.31. The van der Waals surface area contributed by atoms with Gasteiger partial charge in [0.2, 0.25) is 5.13 Å². The van der Waals surface area contributed by atoms with Crippen molar-refractivity contribution in [1.82, 2.24) is 19.6 Å². The van der Waals surface area contributed by atoms with Gasteiger partial charge in [-0.05, 0) is 56.5 Å². The molecule has 196 valence electrons. The summed E-state index contributed by atoms with van der Waals surface area (Å²) in [5.41, 5.74) is 3.07. The van der Waals surface area contributed by atoms with Crippen LogP contribution in [-0.4, -0.2) is 43.0 Å². The summed E-state index contributed by atoms with van der Waals surface area (Å²) in [6.07, 6.45) is 4.92. The number of rotatable bonds is 8. The lowest BCUT2D eigenvalue weighted by Crippen LogP contribution is -2.29. The Kier molecular flexibility index (Phi) is 6.98. The summed E-state index contributed by atoms with van der Waals surface area (Å²) in [5, 5.41) is 20.7. The molecule has 10 heteroatoms. The summed E-state index contributed by atoms with van der Waals surface area (Å²) in [6.45, 7) is 8.21. The van der Waals surface area contributed by atoms with Crippen molar-refractivity contribution in [3.8, 4) is 5.75 Å². The molecule has 1 aliphatic heterocycles. The molecule has 4 heterocycles. The maximum absolute atomic E-state index is 13.5. The average Bonchev–Trinajstić information content (AvgIpc) is 3.56. The van der Waals surface area contributed by atoms with Gasteiger partial charge in [0.05, 0.1) is 23.9 Å². The second-order valence-electron chi connectivity index (χ2n) is 9.33. The van der Waals surface area contributed by atoms with E-state index in [0.29, 0.717) is 34.3 Å². The number of ether oxygens (including phenoxy) is 1. The van der Waals surface area contributed by atoms with Crippen LogP contribution in [0.4, 0.5) is 5.13 Å². The summed E-state index contributed by atoms with van der Waals surface area (Å²) in [6, 6.07) is 10.2. The third kappa shape index (κ3) is 4.45. The molecule has 0 radical (unpaired) electrons. The molecule has 9 nitrogen and oxygen atoms in total. The van der Waals surface area contributed by atoms with E-state index >= 15 is 0 Å². The van der Waals surface area contributed by atoms with Gasteiger partial charge in [0.15, 0.2) is 5.76 Å². The van der Waals surface area contributed by atoms with E-state index in [9.17, 15) is 14.7 Å². The van der Waals surface area contributed by atoms with Crippen LogP contribution in [0.15, 0.2) is 48.2 Å². The highest BCUT2D eigenvalue weighted by molar-refractivity contribution is 7.15. The number of carbonyl (C=O) groups is 2. The second-order valence-corrected chi connectivity index (χ2v) is 10.5. The third-order valence-corrected chi connectivity index (χ3v) is 7.50. The number of Topliss-reactive ketones (excluding diaryl/α,β-unsaturated/α-hetero) is 1. The zero-order valence-electron chi connectivity index (χ0n) is 21.8. The largest absolute Gasteiger partial charge is 0.505 e. The number of hydrogen-bond donors (Lipinski definition) is 1. The monoisotopic (exact) mass is 531 g/mol. The Morgan fingerprint density at radius 1 is 1.11 bits per heavy atom. The Labute approximate surface area is 224 Å². The zero-order chi connectivity index (χ0) is 27.0. The maximum atomic E-state index is 13.5. The minimum absolute atomic E-state index is 0.0462. The summed E-state index contributed by atoms with van der Waals surface area (Å²) in [5.74, 6) is -1.29. The number of fused-ring (bicyclic) bond motifs is 1. The molecule has 1 aromatic carbocycles. The van der Waals surface area contributed by atoms with Crippen LogP contribution in [0.5, 0.6) is 5.75 Å². The number of ketones is 1. The molecule has 1 N–H and O–H groups in total. The van der Waals surface area contributed by atoms with Crippen LogP contribution < -0.4 is 9.64 Å². The highest BCUT2D eigenvalue weighted by Gasteiger charge is 2.48. The molecule has 4 aromatic rings. The Morgan fingerprint density at radius 3 is 2.63 bits per heavy atom. The number of aryl methyl sites for hydroxylation is 3. The van der Waals surface area contributed by atoms with Crippen molar-refractivity contribution in [2.75, 3.05) is 11.5 Å². The smallest absolute Gasteiger partial charge is 0.301 e. The predicted molar refractivity (Wildman–Crippen MR) is 146 cm³/mol. The first-order valence-electron chi connectivity index (χ1n) is 12.6. The highest BCUT2D eigenvalue weighted by Crippen LogP contribution is 2.43. The Morgan fingerprint density at radius 2 is 1.92 bits per heavy atom. The van der Waals surface area contributed by atoms with Crippen LogP contribution in [0.25, 0.3) is 11.4 Å². The van der Waals surface area contributed by atoms with Gasteiger partial charge in [-0.3, -0.25) is 14.5 Å². The molecule has 3 aromatic heterocycles. The van der Waals surface area contributed by atoms with Gasteiger partial charge in [-0.2, -0.15) is 0 Å². The maximum Gasteiger partial charge on any atom is 0.301 e. The number of imidazole rings is 1. The van der Waals surface area contributed by atoms with Gasteiger partial charge in [0.1, 0.15) is 22.1 Å². The van der Waals surface area contributed by atoms with Crippen molar-refractivity contribution in [1.29, 1.82) is 0 Å². The fourth-order valence-corrected chi connectivity index (χ4v) is 5.43. The third-order valence-electron chi connectivity index (χ3n) is 6.66. The highest BCUT2D eigenvalue weighted by atomic mass is 32.1. The molecule has 0 saturated carbocycles. The van der Waals surface area contributed by atoms with E-state index in [1.807, 2.05) is 54.8 Å². The molecule has 1 unspecified atom stereocenters. The molecule has 38 heavy (non-hydrogen) atoms. The van der Waals surface area contributed by atoms with Crippen molar-refractivity contribution < 1.29 is 19.4 Å². The van der Waals surface area contributed by atoms with Crippen molar-refractivity contribution in [3.63, 3.8) is 0 Å². The number of nitrogens with zero attached hydrogens (tertiary/aromatic N) is 5. The number of pyridine rings is 1. The Hall–Kier alpha value is -4.05. The van der Waals surface area contributed by atoms with Gasteiger partial charge in [-0.1, -0.05) is 49.3 Å². The topological polar surface area (TPSA) is 110 Å². The molecule has 0 spiro atoms. The van der Waals surface area contributed by atoms with Crippen LogP contribution in [0.1, 0.15) is 59.8 Å². The number of aliphatic hydroxyl groups excluding tert-OH is 1. The van der Waals surface area contributed by atoms with Gasteiger partial charge in [-0.25, -0.2) is 4.98 Å².